The van der Waals surface area contributed by atoms with Gasteiger partial charge in [-0.15, -0.1) is 0 Å². The molecule has 12 nitrogen and oxygen atoms in total. The first-order valence-corrected chi connectivity index (χ1v) is 16.8. The van der Waals surface area contributed by atoms with Crippen molar-refractivity contribution in [1.82, 2.24) is 15.5 Å². The molecule has 0 radical (unpaired) electrons. The van der Waals surface area contributed by atoms with E-state index >= 15 is 0 Å². The Morgan fingerprint density at radius 1 is 1.19 bits per heavy atom. The standard InChI is InChI=1S/C36H48N4O8/c1-21(2)48-34(41)31-22(3)38-23(4)36(35(42)43,32(31)24-9-7-10-26(19-24)40(44)45)15-8-16-37-25-13-17-39-18-14-28-27(29(39)20-25)11-12-30(46-5)33(28)47-6/h7,9-12,19,21,23,25,29,32,37-38H,8,13-18,20H2,1-6H3,(H,42,43). The second-order valence-corrected chi connectivity index (χ2v) is 13.4. The molecule has 3 heterocycles. The van der Waals surface area contributed by atoms with Gasteiger partial charge in [0.25, 0.3) is 5.69 Å². The fraction of sp³-hybridized carbons (Fsp3) is 0.556. The minimum Gasteiger partial charge on any atom is -0.493 e. The van der Waals surface area contributed by atoms with Gasteiger partial charge in [-0.05, 0) is 83.5 Å². The zero-order valence-corrected chi connectivity index (χ0v) is 28.7. The lowest BCUT2D eigenvalue weighted by atomic mass is 9.60. The van der Waals surface area contributed by atoms with Gasteiger partial charge in [-0.3, -0.25) is 19.8 Å². The zero-order chi connectivity index (χ0) is 34.7. The van der Waals surface area contributed by atoms with Gasteiger partial charge in [-0.2, -0.15) is 0 Å². The Bertz CT molecular complexity index is 1570. The van der Waals surface area contributed by atoms with Crippen LogP contribution in [0.3, 0.4) is 0 Å². The highest BCUT2D eigenvalue weighted by atomic mass is 16.6. The van der Waals surface area contributed by atoms with E-state index in [2.05, 4.69) is 21.6 Å². The highest BCUT2D eigenvalue weighted by Crippen LogP contribution is 2.52. The number of carboxylic acids is 1. The molecule has 0 spiro atoms. The van der Waals surface area contributed by atoms with Crippen LogP contribution in [0.2, 0.25) is 0 Å². The lowest BCUT2D eigenvalue weighted by molar-refractivity contribution is -0.384. The first-order chi connectivity index (χ1) is 22.9. The van der Waals surface area contributed by atoms with Crippen molar-refractivity contribution >= 4 is 17.6 Å². The van der Waals surface area contributed by atoms with E-state index in [0.29, 0.717) is 24.2 Å². The molecule has 1 saturated heterocycles. The molecular weight excluding hydrogens is 616 g/mol. The molecule has 3 aliphatic rings. The van der Waals surface area contributed by atoms with E-state index in [1.165, 1.54) is 29.3 Å². The molecule has 0 amide bonds. The molecule has 260 valence electrons. The molecule has 3 aliphatic heterocycles. The number of rotatable bonds is 12. The number of non-ortho nitro benzene ring substituents is 1. The third-order valence-electron chi connectivity index (χ3n) is 10.4. The number of carboxylic acid groups (broad SMARTS) is 1. The number of piperidine rings is 1. The number of allylic oxidation sites excluding steroid dienone is 1. The van der Waals surface area contributed by atoms with E-state index < -0.39 is 40.3 Å². The van der Waals surface area contributed by atoms with Gasteiger partial charge in [0, 0.05) is 60.5 Å². The summed E-state index contributed by atoms with van der Waals surface area (Å²) in [5, 5.41) is 29.7. The molecule has 0 aromatic heterocycles. The largest absolute Gasteiger partial charge is 0.493 e. The highest BCUT2D eigenvalue weighted by molar-refractivity contribution is 5.94. The zero-order valence-electron chi connectivity index (χ0n) is 28.7. The summed E-state index contributed by atoms with van der Waals surface area (Å²) >= 11 is 0. The van der Waals surface area contributed by atoms with E-state index in [1.807, 2.05) is 6.07 Å². The van der Waals surface area contributed by atoms with Gasteiger partial charge in [0.05, 0.1) is 36.2 Å². The Morgan fingerprint density at radius 3 is 2.62 bits per heavy atom. The number of esters is 1. The van der Waals surface area contributed by atoms with Crippen molar-refractivity contribution in [3.05, 3.63) is 74.5 Å². The summed E-state index contributed by atoms with van der Waals surface area (Å²) in [6.45, 7) is 9.48. The summed E-state index contributed by atoms with van der Waals surface area (Å²) in [5.41, 5.74) is 1.91. The van der Waals surface area contributed by atoms with Gasteiger partial charge >= 0.3 is 11.9 Å². The Labute approximate surface area is 282 Å². The molecule has 5 atom stereocenters. The fourth-order valence-corrected chi connectivity index (χ4v) is 8.17. The maximum atomic E-state index is 13.6. The number of nitro benzene ring substituents is 1. The number of ether oxygens (including phenoxy) is 3. The molecule has 2 aromatic rings. The summed E-state index contributed by atoms with van der Waals surface area (Å²) in [4.78, 5) is 40.8. The highest BCUT2D eigenvalue weighted by Gasteiger charge is 2.56. The molecule has 48 heavy (non-hydrogen) atoms. The van der Waals surface area contributed by atoms with Gasteiger partial charge in [0.15, 0.2) is 11.5 Å². The van der Waals surface area contributed by atoms with Crippen molar-refractivity contribution in [3.63, 3.8) is 0 Å². The number of nitro groups is 1. The van der Waals surface area contributed by atoms with Crippen molar-refractivity contribution in [2.24, 2.45) is 5.41 Å². The second-order valence-electron chi connectivity index (χ2n) is 13.4. The van der Waals surface area contributed by atoms with Gasteiger partial charge in [-0.25, -0.2) is 4.79 Å². The van der Waals surface area contributed by atoms with Crippen LogP contribution >= 0.6 is 0 Å². The summed E-state index contributed by atoms with van der Waals surface area (Å²) < 4.78 is 16.9. The molecule has 5 rings (SSSR count). The number of carbonyl (C=O) groups excluding carboxylic acids is 1. The minimum absolute atomic E-state index is 0.166. The number of methoxy groups -OCH3 is 2. The Morgan fingerprint density at radius 2 is 1.96 bits per heavy atom. The van der Waals surface area contributed by atoms with Crippen LogP contribution in [0.15, 0.2) is 47.7 Å². The topological polar surface area (TPSA) is 152 Å². The van der Waals surface area contributed by atoms with Crippen molar-refractivity contribution in [1.29, 1.82) is 0 Å². The molecule has 0 saturated carbocycles. The molecule has 3 N–H and O–H groups in total. The van der Waals surface area contributed by atoms with E-state index in [4.69, 9.17) is 14.2 Å². The third kappa shape index (κ3) is 6.60. The molecule has 1 fully saturated rings. The molecule has 0 aliphatic carbocycles. The van der Waals surface area contributed by atoms with Crippen LogP contribution in [0.4, 0.5) is 5.69 Å². The van der Waals surface area contributed by atoms with E-state index in [-0.39, 0.29) is 29.8 Å². The number of benzene rings is 2. The summed E-state index contributed by atoms with van der Waals surface area (Å²) in [5.74, 6) is -1.12. The lowest BCUT2D eigenvalue weighted by Crippen LogP contribution is -2.57. The quantitative estimate of drug-likeness (QED) is 0.120. The van der Waals surface area contributed by atoms with Crippen molar-refractivity contribution in [2.45, 2.75) is 89.9 Å². The van der Waals surface area contributed by atoms with Crippen molar-refractivity contribution in [2.75, 3.05) is 33.9 Å². The number of nitrogens with zero attached hydrogens (tertiary/aromatic N) is 2. The summed E-state index contributed by atoms with van der Waals surface area (Å²) in [7, 11) is 3.33. The number of aliphatic carboxylic acids is 1. The normalized spacial score (nSPS) is 25.5. The van der Waals surface area contributed by atoms with Gasteiger partial charge < -0.3 is 30.0 Å². The molecule has 2 aromatic carbocycles. The third-order valence-corrected chi connectivity index (χ3v) is 10.4. The number of carbonyl (C=O) groups is 2. The van der Waals surface area contributed by atoms with Crippen LogP contribution < -0.4 is 20.1 Å². The minimum atomic E-state index is -1.48. The van der Waals surface area contributed by atoms with Crippen LogP contribution in [-0.4, -0.2) is 78.9 Å². The Hall–Kier alpha value is -4.16. The van der Waals surface area contributed by atoms with Gasteiger partial charge in [0.1, 0.15) is 0 Å². The molecule has 5 unspecified atom stereocenters. The van der Waals surface area contributed by atoms with Crippen LogP contribution in [0.25, 0.3) is 0 Å². The van der Waals surface area contributed by atoms with Crippen LogP contribution in [0.5, 0.6) is 11.5 Å². The predicted octanol–water partition coefficient (Wildman–Crippen LogP) is 5.12. The number of hydrogen-bond acceptors (Lipinski definition) is 10. The second kappa shape index (κ2) is 14.5. The number of hydrogen-bond donors (Lipinski definition) is 3. The van der Waals surface area contributed by atoms with Crippen molar-refractivity contribution in [3.8, 4) is 11.5 Å². The molecule has 0 bridgehead atoms. The van der Waals surface area contributed by atoms with Crippen LogP contribution in [-0.2, 0) is 20.7 Å². The maximum absolute atomic E-state index is 13.6. The molecular formula is C36H48N4O8. The van der Waals surface area contributed by atoms with E-state index in [0.717, 1.165) is 43.9 Å². The smallest absolute Gasteiger partial charge is 0.336 e. The predicted molar refractivity (Wildman–Crippen MR) is 180 cm³/mol. The van der Waals surface area contributed by atoms with Crippen LogP contribution in [0, 0.1) is 15.5 Å². The maximum Gasteiger partial charge on any atom is 0.336 e. The van der Waals surface area contributed by atoms with Crippen molar-refractivity contribution < 1.29 is 33.8 Å². The first-order valence-electron chi connectivity index (χ1n) is 16.8. The SMILES string of the molecule is COc1ccc2c(c1OC)CCN1CCC(NCCCC3(C(=O)O)C(C)NC(C)=C(C(=O)OC(C)C)C3c3cccc([N+](=O)[O-])c3)CC21. The number of nitrogens with one attached hydrogen (secondary N) is 2. The monoisotopic (exact) mass is 664 g/mol. The average molecular weight is 665 g/mol. The van der Waals surface area contributed by atoms with Crippen LogP contribution in [0.1, 0.15) is 82.0 Å². The van der Waals surface area contributed by atoms with E-state index in [9.17, 15) is 24.8 Å². The van der Waals surface area contributed by atoms with E-state index in [1.54, 1.807) is 48.0 Å². The fourth-order valence-electron chi connectivity index (χ4n) is 8.17. The lowest BCUT2D eigenvalue weighted by Gasteiger charge is -2.47. The summed E-state index contributed by atoms with van der Waals surface area (Å²) in [6, 6.07) is 9.98. The Kier molecular flexibility index (Phi) is 10.6. The first kappa shape index (κ1) is 35.2. The molecule has 12 heteroatoms. The summed E-state index contributed by atoms with van der Waals surface area (Å²) in [6.07, 6.45) is 3.10. The Balaban J connectivity index is 1.38. The average Bonchev–Trinajstić information content (AvgIpc) is 3.05. The van der Waals surface area contributed by atoms with Gasteiger partial charge in [0.2, 0.25) is 0 Å². The van der Waals surface area contributed by atoms with Gasteiger partial charge in [-0.1, -0.05) is 18.2 Å². The number of fused-ring (bicyclic) bond motifs is 3.